The van der Waals surface area contributed by atoms with Crippen molar-refractivity contribution in [3.05, 3.63) is 20.8 Å². The molecule has 7 heteroatoms. The number of hydrogen-bond donors (Lipinski definition) is 1. The van der Waals surface area contributed by atoms with Gasteiger partial charge in [0.25, 0.3) is 0 Å². The van der Waals surface area contributed by atoms with Gasteiger partial charge in [-0.15, -0.1) is 11.3 Å². The van der Waals surface area contributed by atoms with Crippen LogP contribution in [0.1, 0.15) is 4.88 Å². The number of rotatable bonds is 6. The smallest absolute Gasteiger partial charge is 0.317 e. The van der Waals surface area contributed by atoms with E-state index in [4.69, 9.17) is 9.84 Å². The molecule has 0 spiro atoms. The number of ether oxygens (including phenoxy) is 1. The summed E-state index contributed by atoms with van der Waals surface area (Å²) in [6.45, 7) is 4.11. The van der Waals surface area contributed by atoms with E-state index in [-0.39, 0.29) is 12.6 Å². The van der Waals surface area contributed by atoms with Crippen molar-refractivity contribution in [3.8, 4) is 0 Å². The van der Waals surface area contributed by atoms with E-state index in [1.54, 1.807) is 16.2 Å². The van der Waals surface area contributed by atoms with Crippen LogP contribution in [0.15, 0.2) is 15.9 Å². The zero-order valence-electron chi connectivity index (χ0n) is 11.4. The van der Waals surface area contributed by atoms with Gasteiger partial charge < -0.3 is 9.84 Å². The lowest BCUT2D eigenvalue weighted by Gasteiger charge is -2.34. The van der Waals surface area contributed by atoms with E-state index in [1.807, 2.05) is 7.05 Å². The highest BCUT2D eigenvalue weighted by Crippen LogP contribution is 2.22. The first-order valence-electron chi connectivity index (χ1n) is 6.50. The minimum atomic E-state index is -0.802. The number of carboxylic acid groups (broad SMARTS) is 1. The van der Waals surface area contributed by atoms with Crippen LogP contribution in [0.3, 0.4) is 0 Å². The summed E-state index contributed by atoms with van der Waals surface area (Å²) in [6.07, 6.45) is 0.0801. The molecule has 5 nitrogen and oxygen atoms in total. The van der Waals surface area contributed by atoms with Crippen molar-refractivity contribution in [3.63, 3.8) is 0 Å². The molecule has 1 N–H and O–H groups in total. The summed E-state index contributed by atoms with van der Waals surface area (Å²) in [5.41, 5.74) is 0. The number of halogens is 1. The monoisotopic (exact) mass is 362 g/mol. The molecule has 1 fully saturated rings. The van der Waals surface area contributed by atoms with E-state index in [0.717, 1.165) is 24.1 Å². The first kappa shape index (κ1) is 15.9. The predicted molar refractivity (Wildman–Crippen MR) is 82.2 cm³/mol. The minimum absolute atomic E-state index is 0.0533. The summed E-state index contributed by atoms with van der Waals surface area (Å²) in [6, 6.07) is 2.14. The Morgan fingerprint density at radius 3 is 3.15 bits per heavy atom. The first-order valence-corrected chi connectivity index (χ1v) is 8.17. The molecule has 1 aliphatic rings. The standard InChI is InChI=1S/C13H19BrN2O3S/c1-15(8-13(17)18)5-11-6-16(2-3-19-11)7-12-4-10(14)9-20-12/h4,9,11H,2-3,5-8H2,1H3,(H,17,18). The van der Waals surface area contributed by atoms with E-state index in [1.165, 1.54) is 4.88 Å². The summed E-state index contributed by atoms with van der Waals surface area (Å²) >= 11 is 5.22. The molecular formula is C13H19BrN2O3S. The van der Waals surface area contributed by atoms with Crippen LogP contribution in [0.25, 0.3) is 0 Å². The lowest BCUT2D eigenvalue weighted by molar-refractivity contribution is -0.138. The van der Waals surface area contributed by atoms with Crippen molar-refractivity contribution in [2.24, 2.45) is 0 Å². The summed E-state index contributed by atoms with van der Waals surface area (Å²) in [7, 11) is 1.81. The maximum Gasteiger partial charge on any atom is 0.317 e. The Morgan fingerprint density at radius 1 is 1.70 bits per heavy atom. The first-order chi connectivity index (χ1) is 9.52. The molecule has 0 aromatic carbocycles. The summed E-state index contributed by atoms with van der Waals surface area (Å²) in [5.74, 6) is -0.802. The fourth-order valence-electron chi connectivity index (χ4n) is 2.33. The van der Waals surface area contributed by atoms with Crippen LogP contribution in [0, 0.1) is 0 Å². The Bertz CT molecular complexity index is 455. The third-order valence-electron chi connectivity index (χ3n) is 3.14. The van der Waals surface area contributed by atoms with E-state index >= 15 is 0 Å². The van der Waals surface area contributed by atoms with Gasteiger partial charge in [0.2, 0.25) is 0 Å². The molecule has 1 saturated heterocycles. The van der Waals surface area contributed by atoms with Gasteiger partial charge in [0.1, 0.15) is 0 Å². The number of thiophene rings is 1. The largest absolute Gasteiger partial charge is 0.480 e. The number of carbonyl (C=O) groups is 1. The quantitative estimate of drug-likeness (QED) is 0.834. The molecule has 0 radical (unpaired) electrons. The molecular weight excluding hydrogens is 344 g/mol. The van der Waals surface area contributed by atoms with Crippen LogP contribution in [-0.2, 0) is 16.1 Å². The molecule has 0 saturated carbocycles. The van der Waals surface area contributed by atoms with Gasteiger partial charge in [-0.25, -0.2) is 0 Å². The van der Waals surface area contributed by atoms with Crippen molar-refractivity contribution >= 4 is 33.2 Å². The predicted octanol–water partition coefficient (Wildman–Crippen LogP) is 1.73. The van der Waals surface area contributed by atoms with Crippen molar-refractivity contribution in [1.29, 1.82) is 0 Å². The van der Waals surface area contributed by atoms with Crippen LogP contribution in [0.4, 0.5) is 0 Å². The van der Waals surface area contributed by atoms with Gasteiger partial charge in [-0.3, -0.25) is 14.6 Å². The van der Waals surface area contributed by atoms with Gasteiger partial charge in [0, 0.05) is 40.9 Å². The SMILES string of the molecule is CN(CC(=O)O)CC1CN(Cc2cc(Br)cs2)CCO1. The Labute approximate surface area is 131 Å². The van der Waals surface area contributed by atoms with E-state index in [0.29, 0.717) is 13.2 Å². The number of hydrogen-bond acceptors (Lipinski definition) is 5. The van der Waals surface area contributed by atoms with E-state index < -0.39 is 5.97 Å². The number of nitrogens with zero attached hydrogens (tertiary/aromatic N) is 2. The number of carboxylic acids is 1. The van der Waals surface area contributed by atoms with Gasteiger partial charge in [-0.05, 0) is 29.0 Å². The summed E-state index contributed by atoms with van der Waals surface area (Å²) in [5, 5.41) is 10.9. The molecule has 2 heterocycles. The van der Waals surface area contributed by atoms with E-state index in [9.17, 15) is 4.79 Å². The van der Waals surface area contributed by atoms with E-state index in [2.05, 4.69) is 32.3 Å². The second-order valence-corrected chi connectivity index (χ2v) is 6.96. The third kappa shape index (κ3) is 5.14. The van der Waals surface area contributed by atoms with Crippen LogP contribution in [0.5, 0.6) is 0 Å². The molecule has 0 aliphatic carbocycles. The van der Waals surface area contributed by atoms with Crippen molar-refractivity contribution in [1.82, 2.24) is 9.80 Å². The maximum atomic E-state index is 10.7. The highest BCUT2D eigenvalue weighted by molar-refractivity contribution is 9.10. The molecule has 1 aromatic heterocycles. The molecule has 20 heavy (non-hydrogen) atoms. The fourth-order valence-corrected chi connectivity index (χ4v) is 3.83. The molecule has 112 valence electrons. The highest BCUT2D eigenvalue weighted by atomic mass is 79.9. The Kier molecular flexibility index (Phi) is 5.98. The minimum Gasteiger partial charge on any atom is -0.480 e. The van der Waals surface area contributed by atoms with Gasteiger partial charge >= 0.3 is 5.97 Å². The molecule has 1 atom stereocenters. The summed E-state index contributed by atoms with van der Waals surface area (Å²) < 4.78 is 6.85. The number of aliphatic carboxylic acids is 1. The van der Waals surface area contributed by atoms with Gasteiger partial charge in [0.15, 0.2) is 0 Å². The molecule has 0 amide bonds. The lowest BCUT2D eigenvalue weighted by Crippen LogP contribution is -2.47. The average molecular weight is 363 g/mol. The average Bonchev–Trinajstić information content (AvgIpc) is 2.74. The second kappa shape index (κ2) is 7.51. The van der Waals surface area contributed by atoms with Gasteiger partial charge in [-0.2, -0.15) is 0 Å². The summed E-state index contributed by atoms with van der Waals surface area (Å²) in [4.78, 5) is 16.1. The molecule has 1 aromatic rings. The zero-order valence-corrected chi connectivity index (χ0v) is 13.8. The normalized spacial score (nSPS) is 20.4. The van der Waals surface area contributed by atoms with Crippen LogP contribution >= 0.6 is 27.3 Å². The molecule has 0 bridgehead atoms. The number of morpholine rings is 1. The van der Waals surface area contributed by atoms with Crippen molar-refractivity contribution in [2.45, 2.75) is 12.6 Å². The molecule has 1 unspecified atom stereocenters. The van der Waals surface area contributed by atoms with Crippen molar-refractivity contribution < 1.29 is 14.6 Å². The van der Waals surface area contributed by atoms with Crippen LogP contribution < -0.4 is 0 Å². The molecule has 2 rings (SSSR count). The van der Waals surface area contributed by atoms with Gasteiger partial charge in [0.05, 0.1) is 19.3 Å². The Hall–Kier alpha value is -0.470. The van der Waals surface area contributed by atoms with Gasteiger partial charge in [-0.1, -0.05) is 0 Å². The number of likely N-dealkylation sites (N-methyl/N-ethyl adjacent to an activating group) is 1. The fraction of sp³-hybridized carbons (Fsp3) is 0.615. The topological polar surface area (TPSA) is 53.0 Å². The third-order valence-corrected chi connectivity index (χ3v) is 4.83. The maximum absolute atomic E-state index is 10.7. The Morgan fingerprint density at radius 2 is 2.50 bits per heavy atom. The highest BCUT2D eigenvalue weighted by Gasteiger charge is 2.22. The van der Waals surface area contributed by atoms with Crippen LogP contribution in [0.2, 0.25) is 0 Å². The van der Waals surface area contributed by atoms with Crippen molar-refractivity contribution in [2.75, 3.05) is 39.8 Å². The lowest BCUT2D eigenvalue weighted by atomic mass is 10.2. The zero-order chi connectivity index (χ0) is 14.5. The Balaban J connectivity index is 1.80. The molecule has 1 aliphatic heterocycles. The van der Waals surface area contributed by atoms with Crippen LogP contribution in [-0.4, -0.2) is 66.8 Å². The second-order valence-electron chi connectivity index (χ2n) is 5.05.